The molecule has 0 bridgehead atoms. The number of aliphatic carboxylic acids is 1. The van der Waals surface area contributed by atoms with Crippen LogP contribution in [0.5, 0.6) is 0 Å². The predicted octanol–water partition coefficient (Wildman–Crippen LogP) is 1.83. The van der Waals surface area contributed by atoms with Gasteiger partial charge in [-0.1, -0.05) is 27.2 Å². The van der Waals surface area contributed by atoms with Crippen molar-refractivity contribution in [3.63, 3.8) is 0 Å². The van der Waals surface area contributed by atoms with Gasteiger partial charge in [0.2, 0.25) is 5.91 Å². The molecule has 1 unspecified atom stereocenters. The number of rotatable bonds is 6. The predicted molar refractivity (Wildman–Crippen MR) is 66.6 cm³/mol. The summed E-state index contributed by atoms with van der Waals surface area (Å²) >= 11 is 0. The molecule has 1 saturated carbocycles. The van der Waals surface area contributed by atoms with Crippen LogP contribution in [0.3, 0.4) is 0 Å². The normalized spacial score (nSPS) is 27.4. The van der Waals surface area contributed by atoms with Gasteiger partial charge in [0.15, 0.2) is 0 Å². The Bertz CT molecular complexity index is 303. The van der Waals surface area contributed by atoms with E-state index >= 15 is 0 Å². The Morgan fingerprint density at radius 3 is 2.44 bits per heavy atom. The summed E-state index contributed by atoms with van der Waals surface area (Å²) in [4.78, 5) is 28.1. The van der Waals surface area contributed by atoms with E-state index in [4.69, 9.17) is 9.94 Å². The number of carboxylic acids is 1. The maximum atomic E-state index is 11.9. The summed E-state index contributed by atoms with van der Waals surface area (Å²) < 4.78 is 0. The molecule has 5 heteroatoms. The van der Waals surface area contributed by atoms with Gasteiger partial charge in [-0.05, 0) is 24.7 Å². The minimum Gasteiger partial charge on any atom is -0.481 e. The molecule has 0 saturated heterocycles. The van der Waals surface area contributed by atoms with E-state index < -0.39 is 17.8 Å². The van der Waals surface area contributed by atoms with Crippen molar-refractivity contribution in [3.8, 4) is 0 Å². The molecule has 5 nitrogen and oxygen atoms in total. The molecular formula is C13H23NO4. The molecule has 2 N–H and O–H groups in total. The van der Waals surface area contributed by atoms with Crippen LogP contribution in [0.2, 0.25) is 0 Å². The lowest BCUT2D eigenvalue weighted by Crippen LogP contribution is -2.36. The second-order valence-corrected chi connectivity index (χ2v) is 5.47. The van der Waals surface area contributed by atoms with Gasteiger partial charge in [0, 0.05) is 0 Å². The molecule has 18 heavy (non-hydrogen) atoms. The summed E-state index contributed by atoms with van der Waals surface area (Å²) in [5.41, 5.74) is 2.38. The summed E-state index contributed by atoms with van der Waals surface area (Å²) in [7, 11) is 0. The number of hydroxylamine groups is 1. The molecular weight excluding hydrogens is 234 g/mol. The fourth-order valence-corrected chi connectivity index (χ4v) is 2.39. The number of amides is 1. The van der Waals surface area contributed by atoms with Crippen molar-refractivity contribution >= 4 is 11.9 Å². The molecule has 1 fully saturated rings. The maximum absolute atomic E-state index is 11.9. The van der Waals surface area contributed by atoms with Gasteiger partial charge in [-0.15, -0.1) is 0 Å². The molecule has 1 amide bonds. The third kappa shape index (κ3) is 3.98. The van der Waals surface area contributed by atoms with Gasteiger partial charge >= 0.3 is 5.97 Å². The second-order valence-electron chi connectivity index (χ2n) is 5.47. The Hall–Kier alpha value is -1.10. The van der Waals surface area contributed by atoms with Crippen LogP contribution < -0.4 is 5.48 Å². The van der Waals surface area contributed by atoms with Gasteiger partial charge in [0.1, 0.15) is 0 Å². The summed E-state index contributed by atoms with van der Waals surface area (Å²) in [6.07, 6.45) is 2.15. The summed E-state index contributed by atoms with van der Waals surface area (Å²) in [6, 6.07) is 0. The first kappa shape index (κ1) is 15.0. The molecule has 1 aliphatic carbocycles. The highest BCUT2D eigenvalue weighted by atomic mass is 16.7. The first-order valence-corrected chi connectivity index (χ1v) is 6.60. The third-order valence-corrected chi connectivity index (χ3v) is 3.48. The van der Waals surface area contributed by atoms with Crippen molar-refractivity contribution < 1.29 is 19.5 Å². The lowest BCUT2D eigenvalue weighted by atomic mass is 9.96. The van der Waals surface area contributed by atoms with Crippen LogP contribution >= 0.6 is 0 Å². The van der Waals surface area contributed by atoms with E-state index in [2.05, 4.69) is 5.48 Å². The molecule has 1 aliphatic rings. The molecule has 0 aromatic carbocycles. The van der Waals surface area contributed by atoms with Gasteiger partial charge in [0.25, 0.3) is 0 Å². The van der Waals surface area contributed by atoms with E-state index in [1.165, 1.54) is 0 Å². The van der Waals surface area contributed by atoms with Crippen molar-refractivity contribution in [2.75, 3.05) is 6.61 Å². The SMILES string of the molecule is CCC1C[C@H](C(=O)NOCC(C)C)[C@H](C(=O)O)C1. The Morgan fingerprint density at radius 1 is 1.33 bits per heavy atom. The Kier molecular flexibility index (Phi) is 5.59. The fourth-order valence-electron chi connectivity index (χ4n) is 2.39. The van der Waals surface area contributed by atoms with Crippen LogP contribution in [0.25, 0.3) is 0 Å². The molecule has 0 aromatic rings. The zero-order valence-corrected chi connectivity index (χ0v) is 11.3. The van der Waals surface area contributed by atoms with E-state index in [1.54, 1.807) is 0 Å². The van der Waals surface area contributed by atoms with E-state index in [-0.39, 0.29) is 5.91 Å². The van der Waals surface area contributed by atoms with Crippen molar-refractivity contribution in [1.29, 1.82) is 0 Å². The number of hydrogen-bond acceptors (Lipinski definition) is 3. The van der Waals surface area contributed by atoms with Crippen molar-refractivity contribution in [3.05, 3.63) is 0 Å². The smallest absolute Gasteiger partial charge is 0.307 e. The van der Waals surface area contributed by atoms with Crippen LogP contribution in [-0.4, -0.2) is 23.6 Å². The molecule has 0 aliphatic heterocycles. The van der Waals surface area contributed by atoms with Gasteiger partial charge in [-0.2, -0.15) is 0 Å². The van der Waals surface area contributed by atoms with Crippen molar-refractivity contribution in [2.45, 2.75) is 40.0 Å². The van der Waals surface area contributed by atoms with E-state index in [9.17, 15) is 9.59 Å². The first-order valence-electron chi connectivity index (χ1n) is 6.60. The molecule has 0 radical (unpaired) electrons. The van der Waals surface area contributed by atoms with Crippen LogP contribution in [-0.2, 0) is 14.4 Å². The average Bonchev–Trinajstić information content (AvgIpc) is 2.72. The molecule has 0 aromatic heterocycles. The van der Waals surface area contributed by atoms with E-state index in [0.29, 0.717) is 31.3 Å². The minimum atomic E-state index is -0.880. The number of carbonyl (C=O) groups excluding carboxylic acids is 1. The highest BCUT2D eigenvalue weighted by molar-refractivity contribution is 5.84. The Labute approximate surface area is 108 Å². The monoisotopic (exact) mass is 257 g/mol. The zero-order valence-electron chi connectivity index (χ0n) is 11.3. The minimum absolute atomic E-state index is 0.293. The highest BCUT2D eigenvalue weighted by Crippen LogP contribution is 2.38. The summed E-state index contributed by atoms with van der Waals surface area (Å²) in [5, 5.41) is 9.14. The molecule has 3 atom stereocenters. The largest absolute Gasteiger partial charge is 0.481 e. The lowest BCUT2D eigenvalue weighted by molar-refractivity contribution is -0.150. The third-order valence-electron chi connectivity index (χ3n) is 3.48. The first-order chi connectivity index (χ1) is 8.45. The summed E-state index contributed by atoms with van der Waals surface area (Å²) in [6.45, 7) is 6.43. The molecule has 0 heterocycles. The van der Waals surface area contributed by atoms with Crippen LogP contribution in [0.1, 0.15) is 40.0 Å². The van der Waals surface area contributed by atoms with Gasteiger partial charge < -0.3 is 5.11 Å². The zero-order chi connectivity index (χ0) is 13.7. The molecule has 104 valence electrons. The maximum Gasteiger partial charge on any atom is 0.307 e. The lowest BCUT2D eigenvalue weighted by Gasteiger charge is -2.15. The van der Waals surface area contributed by atoms with Crippen LogP contribution in [0.15, 0.2) is 0 Å². The Balaban J connectivity index is 2.51. The Morgan fingerprint density at radius 2 is 1.94 bits per heavy atom. The highest BCUT2D eigenvalue weighted by Gasteiger charge is 2.42. The van der Waals surface area contributed by atoms with Gasteiger partial charge in [-0.25, -0.2) is 5.48 Å². The quantitative estimate of drug-likeness (QED) is 0.712. The average molecular weight is 257 g/mol. The van der Waals surface area contributed by atoms with E-state index in [0.717, 1.165) is 6.42 Å². The summed E-state index contributed by atoms with van der Waals surface area (Å²) in [5.74, 6) is -1.55. The van der Waals surface area contributed by atoms with E-state index in [1.807, 2.05) is 20.8 Å². The number of carbonyl (C=O) groups is 2. The second kappa shape index (κ2) is 6.73. The van der Waals surface area contributed by atoms with Crippen molar-refractivity contribution in [2.24, 2.45) is 23.7 Å². The number of carboxylic acid groups (broad SMARTS) is 1. The standard InChI is InChI=1S/C13H23NO4/c1-4-9-5-10(11(6-9)13(16)17)12(15)14-18-7-8(2)3/h8-11H,4-7H2,1-3H3,(H,14,15)(H,16,17)/t9?,10-,11+/m0/s1. The van der Waals surface area contributed by atoms with Gasteiger partial charge in [-0.3, -0.25) is 14.4 Å². The van der Waals surface area contributed by atoms with Crippen LogP contribution in [0, 0.1) is 23.7 Å². The topological polar surface area (TPSA) is 75.6 Å². The van der Waals surface area contributed by atoms with Gasteiger partial charge in [0.05, 0.1) is 18.4 Å². The number of nitrogens with one attached hydrogen (secondary N) is 1. The molecule has 1 rings (SSSR count). The fraction of sp³-hybridized carbons (Fsp3) is 0.846. The van der Waals surface area contributed by atoms with Crippen LogP contribution in [0.4, 0.5) is 0 Å². The van der Waals surface area contributed by atoms with Crippen molar-refractivity contribution in [1.82, 2.24) is 5.48 Å². The number of hydrogen-bond donors (Lipinski definition) is 2. The molecule has 0 spiro atoms.